The average molecular weight is 406 g/mol. The smallest absolute Gasteiger partial charge is 0.410 e. The standard InChI is InChI=1S/C25H24ClNO2/c1-17(2)27(15-18-11-13-19(26)14-12-18)25(28)29-16-24-22-9-5-3-7-20(22)21-8-4-6-10-23(21)24/h3-14,17,24H,15-16H2,1-2H3. The summed E-state index contributed by atoms with van der Waals surface area (Å²) in [5.74, 6) is 0.0656. The van der Waals surface area contributed by atoms with Crippen molar-refractivity contribution in [1.29, 1.82) is 0 Å². The Morgan fingerprint density at radius 2 is 1.48 bits per heavy atom. The molecule has 0 bridgehead atoms. The van der Waals surface area contributed by atoms with E-state index in [1.807, 2.05) is 50.2 Å². The SMILES string of the molecule is CC(C)N(Cc1ccc(Cl)cc1)C(=O)OCC1c2ccccc2-c2ccccc21. The maximum Gasteiger partial charge on any atom is 0.410 e. The summed E-state index contributed by atoms with van der Waals surface area (Å²) >= 11 is 5.97. The van der Waals surface area contributed by atoms with Crippen molar-refractivity contribution in [3.63, 3.8) is 0 Å². The summed E-state index contributed by atoms with van der Waals surface area (Å²) in [6.45, 7) is 4.82. The topological polar surface area (TPSA) is 29.5 Å². The number of carbonyl (C=O) groups excluding carboxylic acids is 1. The van der Waals surface area contributed by atoms with E-state index in [-0.39, 0.29) is 18.1 Å². The highest BCUT2D eigenvalue weighted by Crippen LogP contribution is 2.44. The zero-order valence-corrected chi connectivity index (χ0v) is 17.4. The van der Waals surface area contributed by atoms with Crippen LogP contribution in [0.2, 0.25) is 5.02 Å². The Morgan fingerprint density at radius 1 is 0.931 bits per heavy atom. The van der Waals surface area contributed by atoms with Gasteiger partial charge in [-0.25, -0.2) is 4.79 Å². The molecular formula is C25H24ClNO2. The van der Waals surface area contributed by atoms with E-state index >= 15 is 0 Å². The van der Waals surface area contributed by atoms with Gasteiger partial charge in [-0.05, 0) is 53.8 Å². The van der Waals surface area contributed by atoms with E-state index in [4.69, 9.17) is 16.3 Å². The van der Waals surface area contributed by atoms with Crippen LogP contribution in [0.3, 0.4) is 0 Å². The molecule has 3 aromatic rings. The van der Waals surface area contributed by atoms with Crippen LogP contribution < -0.4 is 0 Å². The summed E-state index contributed by atoms with van der Waals surface area (Å²) in [5.41, 5.74) is 5.92. The van der Waals surface area contributed by atoms with Crippen LogP contribution in [0.5, 0.6) is 0 Å². The van der Waals surface area contributed by atoms with Gasteiger partial charge in [-0.1, -0.05) is 72.3 Å². The lowest BCUT2D eigenvalue weighted by molar-refractivity contribution is 0.0863. The zero-order chi connectivity index (χ0) is 20.4. The van der Waals surface area contributed by atoms with Gasteiger partial charge in [0.15, 0.2) is 0 Å². The Hall–Kier alpha value is -2.78. The molecule has 0 aliphatic heterocycles. The van der Waals surface area contributed by atoms with Crippen LogP contribution in [0, 0.1) is 0 Å². The molecule has 1 aliphatic rings. The van der Waals surface area contributed by atoms with Crippen LogP contribution in [0.25, 0.3) is 11.1 Å². The Labute approximate surface area is 176 Å². The van der Waals surface area contributed by atoms with Crippen molar-refractivity contribution < 1.29 is 9.53 Å². The molecule has 0 radical (unpaired) electrons. The van der Waals surface area contributed by atoms with Crippen molar-refractivity contribution >= 4 is 17.7 Å². The zero-order valence-electron chi connectivity index (χ0n) is 16.6. The van der Waals surface area contributed by atoms with Crippen molar-refractivity contribution in [3.05, 3.63) is 94.5 Å². The first kappa shape index (κ1) is 19.5. The van der Waals surface area contributed by atoms with Gasteiger partial charge < -0.3 is 9.64 Å². The van der Waals surface area contributed by atoms with Crippen LogP contribution in [0.1, 0.15) is 36.5 Å². The molecule has 0 unspecified atom stereocenters. The van der Waals surface area contributed by atoms with E-state index < -0.39 is 0 Å². The maximum absolute atomic E-state index is 12.9. The van der Waals surface area contributed by atoms with Gasteiger partial charge in [0.05, 0.1) is 0 Å². The number of carbonyl (C=O) groups is 1. The molecule has 0 aromatic heterocycles. The molecular weight excluding hydrogens is 382 g/mol. The van der Waals surface area contributed by atoms with Crippen molar-refractivity contribution in [3.8, 4) is 11.1 Å². The van der Waals surface area contributed by atoms with Crippen LogP contribution in [0.15, 0.2) is 72.8 Å². The van der Waals surface area contributed by atoms with Gasteiger partial charge in [0, 0.05) is 23.5 Å². The molecule has 0 fully saturated rings. The molecule has 29 heavy (non-hydrogen) atoms. The number of fused-ring (bicyclic) bond motifs is 3. The minimum absolute atomic E-state index is 0.0290. The van der Waals surface area contributed by atoms with Gasteiger partial charge in [0.1, 0.15) is 6.61 Å². The maximum atomic E-state index is 12.9. The summed E-state index contributed by atoms with van der Waals surface area (Å²) in [6.07, 6.45) is -0.295. The summed E-state index contributed by atoms with van der Waals surface area (Å²) in [7, 11) is 0. The van der Waals surface area contributed by atoms with Gasteiger partial charge in [0.25, 0.3) is 0 Å². The van der Waals surface area contributed by atoms with E-state index in [1.165, 1.54) is 22.3 Å². The molecule has 1 amide bonds. The van der Waals surface area contributed by atoms with Crippen molar-refractivity contribution in [1.82, 2.24) is 4.90 Å². The van der Waals surface area contributed by atoms with Crippen molar-refractivity contribution in [2.45, 2.75) is 32.4 Å². The number of benzene rings is 3. The fraction of sp³-hybridized carbons (Fsp3) is 0.240. The molecule has 0 N–H and O–H groups in total. The number of ether oxygens (including phenoxy) is 1. The third kappa shape index (κ3) is 4.01. The number of rotatable bonds is 5. The number of hydrogen-bond acceptors (Lipinski definition) is 2. The Kier molecular flexibility index (Phi) is 5.59. The van der Waals surface area contributed by atoms with Gasteiger partial charge in [-0.15, -0.1) is 0 Å². The first-order valence-electron chi connectivity index (χ1n) is 9.90. The molecule has 0 saturated carbocycles. The van der Waals surface area contributed by atoms with Gasteiger partial charge in [0.2, 0.25) is 0 Å². The lowest BCUT2D eigenvalue weighted by Gasteiger charge is -2.27. The number of amides is 1. The van der Waals surface area contributed by atoms with Crippen LogP contribution >= 0.6 is 11.6 Å². The highest BCUT2D eigenvalue weighted by atomic mass is 35.5. The van der Waals surface area contributed by atoms with Crippen LogP contribution in [0.4, 0.5) is 4.79 Å². The van der Waals surface area contributed by atoms with Gasteiger partial charge >= 0.3 is 6.09 Å². The molecule has 0 spiro atoms. The molecule has 4 rings (SSSR count). The second kappa shape index (κ2) is 8.30. The molecule has 3 aromatic carbocycles. The minimum atomic E-state index is -0.295. The van der Waals surface area contributed by atoms with E-state index in [1.54, 1.807) is 4.90 Å². The third-order valence-electron chi connectivity index (χ3n) is 5.46. The van der Waals surface area contributed by atoms with E-state index in [2.05, 4.69) is 36.4 Å². The summed E-state index contributed by atoms with van der Waals surface area (Å²) in [5, 5.41) is 0.686. The molecule has 0 atom stereocenters. The predicted molar refractivity (Wildman–Crippen MR) is 117 cm³/mol. The summed E-state index contributed by atoms with van der Waals surface area (Å²) < 4.78 is 5.82. The predicted octanol–water partition coefficient (Wildman–Crippen LogP) is 6.50. The highest BCUT2D eigenvalue weighted by Gasteiger charge is 2.30. The fourth-order valence-corrected chi connectivity index (χ4v) is 4.05. The second-order valence-electron chi connectivity index (χ2n) is 7.65. The van der Waals surface area contributed by atoms with Gasteiger partial charge in [-0.3, -0.25) is 0 Å². The largest absolute Gasteiger partial charge is 0.448 e. The van der Waals surface area contributed by atoms with E-state index in [0.717, 1.165) is 5.56 Å². The normalized spacial score (nSPS) is 12.6. The lowest BCUT2D eigenvalue weighted by Crippen LogP contribution is -2.37. The molecule has 0 saturated heterocycles. The quantitative estimate of drug-likeness (QED) is 0.484. The number of hydrogen-bond donors (Lipinski definition) is 0. The molecule has 1 aliphatic carbocycles. The lowest BCUT2D eigenvalue weighted by atomic mass is 9.98. The van der Waals surface area contributed by atoms with Crippen LogP contribution in [-0.2, 0) is 11.3 Å². The van der Waals surface area contributed by atoms with Crippen LogP contribution in [-0.4, -0.2) is 23.6 Å². The van der Waals surface area contributed by atoms with Gasteiger partial charge in [-0.2, -0.15) is 0 Å². The van der Waals surface area contributed by atoms with E-state index in [9.17, 15) is 4.79 Å². The fourth-order valence-electron chi connectivity index (χ4n) is 3.92. The monoisotopic (exact) mass is 405 g/mol. The van der Waals surface area contributed by atoms with E-state index in [0.29, 0.717) is 18.2 Å². The molecule has 4 heteroatoms. The second-order valence-corrected chi connectivity index (χ2v) is 8.09. The first-order chi connectivity index (χ1) is 14.0. The third-order valence-corrected chi connectivity index (χ3v) is 5.71. The Balaban J connectivity index is 1.50. The summed E-state index contributed by atoms with van der Waals surface area (Å²) in [6, 6.07) is 24.3. The van der Waals surface area contributed by atoms with Crippen molar-refractivity contribution in [2.24, 2.45) is 0 Å². The molecule has 0 heterocycles. The highest BCUT2D eigenvalue weighted by molar-refractivity contribution is 6.30. The number of halogens is 1. The minimum Gasteiger partial charge on any atom is -0.448 e. The Morgan fingerprint density at radius 3 is 2.03 bits per heavy atom. The molecule has 148 valence electrons. The average Bonchev–Trinajstić information content (AvgIpc) is 3.05. The van der Waals surface area contributed by atoms with Crippen molar-refractivity contribution in [2.75, 3.05) is 6.61 Å². The molecule has 3 nitrogen and oxygen atoms in total. The summed E-state index contributed by atoms with van der Waals surface area (Å²) in [4.78, 5) is 14.7. The first-order valence-corrected chi connectivity index (χ1v) is 10.3. The number of nitrogens with zero attached hydrogens (tertiary/aromatic N) is 1. The Bertz CT molecular complexity index is 968.